The number of hydrogen-bond acceptors (Lipinski definition) is 7. The summed E-state index contributed by atoms with van der Waals surface area (Å²) >= 11 is 11.9. The van der Waals surface area contributed by atoms with Crippen molar-refractivity contribution in [1.82, 2.24) is 4.98 Å². The summed E-state index contributed by atoms with van der Waals surface area (Å²) < 4.78 is 14.8. The van der Waals surface area contributed by atoms with Crippen molar-refractivity contribution in [2.75, 3.05) is 20.3 Å². The summed E-state index contributed by atoms with van der Waals surface area (Å²) in [6.45, 7) is 0.966. The highest BCUT2D eigenvalue weighted by Gasteiger charge is 2.29. The number of methoxy groups -OCH3 is 1. The molecule has 2 rings (SSSR count). The Hall–Kier alpha value is -2.16. The van der Waals surface area contributed by atoms with Crippen molar-refractivity contribution in [1.29, 1.82) is 0 Å². The van der Waals surface area contributed by atoms with Crippen LogP contribution in [0.4, 0.5) is 0 Å². The maximum Gasteiger partial charge on any atom is 0.407 e. The molecule has 1 heterocycles. The summed E-state index contributed by atoms with van der Waals surface area (Å²) in [6, 6.07) is 2.67. The normalized spacial score (nSPS) is 10.7. The Bertz CT molecular complexity index is 828. The number of rotatable bonds is 6. The van der Waals surface area contributed by atoms with Crippen molar-refractivity contribution in [3.05, 3.63) is 38.8 Å². The van der Waals surface area contributed by atoms with E-state index in [0.29, 0.717) is 4.73 Å². The number of nitrogens with zero attached hydrogens (tertiary/aromatic N) is 2. The number of benzene rings is 1. The van der Waals surface area contributed by atoms with Gasteiger partial charge in [0.1, 0.15) is 18.7 Å². The molecule has 0 aliphatic heterocycles. The number of esters is 2. The predicted molar refractivity (Wildman–Crippen MR) is 88.4 cm³/mol. The molecule has 0 bridgehead atoms. The second kappa shape index (κ2) is 8.28. The zero-order valence-electron chi connectivity index (χ0n) is 13.4. The molecular formula is C15H14Cl2N2O6. The van der Waals surface area contributed by atoms with Gasteiger partial charge in [-0.15, -0.1) is 0 Å². The van der Waals surface area contributed by atoms with Crippen LogP contribution in [0.1, 0.15) is 23.1 Å². The fraction of sp³-hybridized carbons (Fsp3) is 0.333. The Morgan fingerprint density at radius 3 is 2.56 bits per heavy atom. The van der Waals surface area contributed by atoms with Crippen LogP contribution in [0.2, 0.25) is 10.0 Å². The maximum absolute atomic E-state index is 12.6. The molecule has 25 heavy (non-hydrogen) atoms. The summed E-state index contributed by atoms with van der Waals surface area (Å²) in [7, 11) is 1.33. The largest absolute Gasteiger partial charge is 0.618 e. The maximum atomic E-state index is 12.6. The number of carbonyl (C=O) groups excluding carboxylic acids is 2. The molecule has 0 saturated carbocycles. The number of carbonyl (C=O) groups is 2. The Labute approximate surface area is 152 Å². The molecule has 0 amide bonds. The van der Waals surface area contributed by atoms with Crippen molar-refractivity contribution in [2.24, 2.45) is 0 Å². The lowest BCUT2D eigenvalue weighted by atomic mass is 10.2. The number of halogens is 2. The van der Waals surface area contributed by atoms with E-state index in [9.17, 15) is 14.8 Å². The van der Waals surface area contributed by atoms with Crippen molar-refractivity contribution < 1.29 is 28.5 Å². The minimum Gasteiger partial charge on any atom is -0.618 e. The third-order valence-corrected chi connectivity index (χ3v) is 3.79. The monoisotopic (exact) mass is 388 g/mol. The van der Waals surface area contributed by atoms with Crippen molar-refractivity contribution in [2.45, 2.75) is 13.5 Å². The molecule has 0 saturated heterocycles. The van der Waals surface area contributed by atoms with E-state index in [4.69, 9.17) is 32.7 Å². The second-order valence-electron chi connectivity index (χ2n) is 4.77. The lowest BCUT2D eigenvalue weighted by Crippen LogP contribution is -2.39. The molecule has 0 N–H and O–H groups in total. The molecule has 8 nitrogen and oxygen atoms in total. The Kier molecular flexibility index (Phi) is 6.35. The summed E-state index contributed by atoms with van der Waals surface area (Å²) in [5.74, 6) is -1.57. The van der Waals surface area contributed by atoms with E-state index in [1.165, 1.54) is 19.2 Å². The molecule has 0 spiro atoms. The predicted octanol–water partition coefficient (Wildman–Crippen LogP) is 2.04. The van der Waals surface area contributed by atoms with Crippen LogP contribution in [0.15, 0.2) is 12.1 Å². The highest BCUT2D eigenvalue weighted by atomic mass is 35.5. The van der Waals surface area contributed by atoms with Gasteiger partial charge in [-0.1, -0.05) is 23.2 Å². The van der Waals surface area contributed by atoms with E-state index in [-0.39, 0.29) is 40.0 Å². The lowest BCUT2D eigenvalue weighted by molar-refractivity contribution is -0.581. The number of hydrogen-bond donors (Lipinski definition) is 0. The quantitative estimate of drug-likeness (QED) is 0.423. The van der Waals surface area contributed by atoms with Gasteiger partial charge < -0.3 is 19.4 Å². The first-order valence-electron chi connectivity index (χ1n) is 7.11. The Morgan fingerprint density at radius 2 is 1.92 bits per heavy atom. The molecule has 0 fully saturated rings. The van der Waals surface area contributed by atoms with Gasteiger partial charge in [-0.2, -0.15) is 4.73 Å². The summed E-state index contributed by atoms with van der Waals surface area (Å²) in [5.41, 5.74) is -0.235. The van der Waals surface area contributed by atoms with E-state index in [0.717, 1.165) is 0 Å². The van der Waals surface area contributed by atoms with Crippen LogP contribution >= 0.6 is 23.2 Å². The minimum absolute atomic E-state index is 0.0319. The van der Waals surface area contributed by atoms with Crippen LogP contribution in [0, 0.1) is 5.21 Å². The van der Waals surface area contributed by atoms with E-state index in [2.05, 4.69) is 9.72 Å². The van der Waals surface area contributed by atoms with Crippen LogP contribution in [-0.4, -0.2) is 37.2 Å². The van der Waals surface area contributed by atoms with Crippen LogP contribution < -0.4 is 4.73 Å². The average Bonchev–Trinajstić information content (AvgIpc) is 2.55. The van der Waals surface area contributed by atoms with E-state index >= 15 is 0 Å². The number of aromatic nitrogens is 2. The Morgan fingerprint density at radius 1 is 1.24 bits per heavy atom. The molecule has 10 heteroatoms. The molecule has 0 radical (unpaired) electrons. The molecule has 134 valence electrons. The van der Waals surface area contributed by atoms with Crippen LogP contribution in [-0.2, 0) is 25.6 Å². The zero-order valence-corrected chi connectivity index (χ0v) is 14.9. The van der Waals surface area contributed by atoms with E-state index in [1.54, 1.807) is 6.92 Å². The van der Waals surface area contributed by atoms with Gasteiger partial charge in [0.25, 0.3) is 0 Å². The van der Waals surface area contributed by atoms with Gasteiger partial charge in [0.05, 0.1) is 16.7 Å². The van der Waals surface area contributed by atoms with Crippen LogP contribution in [0.5, 0.6) is 0 Å². The van der Waals surface area contributed by atoms with Gasteiger partial charge in [-0.3, -0.25) is 0 Å². The number of fused-ring (bicyclic) bond motifs is 1. The first-order valence-corrected chi connectivity index (χ1v) is 7.87. The van der Waals surface area contributed by atoms with Gasteiger partial charge >= 0.3 is 17.6 Å². The molecule has 0 aliphatic rings. The lowest BCUT2D eigenvalue weighted by Gasteiger charge is -2.12. The zero-order chi connectivity index (χ0) is 18.6. The smallest absolute Gasteiger partial charge is 0.407 e. The van der Waals surface area contributed by atoms with Crippen LogP contribution in [0.3, 0.4) is 0 Å². The summed E-state index contributed by atoms with van der Waals surface area (Å²) in [4.78, 5) is 27.8. The summed E-state index contributed by atoms with van der Waals surface area (Å²) in [6.07, 6.45) is 0. The molecule has 0 unspecified atom stereocenters. The van der Waals surface area contributed by atoms with Crippen molar-refractivity contribution in [3.8, 4) is 0 Å². The third-order valence-electron chi connectivity index (χ3n) is 3.07. The second-order valence-corrected chi connectivity index (χ2v) is 5.59. The molecule has 1 aromatic carbocycles. The summed E-state index contributed by atoms with van der Waals surface area (Å²) in [5, 5.41) is 12.9. The highest BCUT2D eigenvalue weighted by molar-refractivity contribution is 6.42. The standard InChI is InChI=1S/C15H14Cl2N2O6/c1-3-24-15(21)14-11(6-25-13(20)7-23-2)18-10-4-8(16)9(17)5-12(10)19(14)22/h4-5H,3,6-7H2,1-2H3. The first-order chi connectivity index (χ1) is 11.9. The van der Waals surface area contributed by atoms with E-state index < -0.39 is 24.2 Å². The fourth-order valence-electron chi connectivity index (χ4n) is 2.02. The van der Waals surface area contributed by atoms with Gasteiger partial charge in [0.2, 0.25) is 5.52 Å². The molecule has 0 atom stereocenters. The topological polar surface area (TPSA) is 102 Å². The molecule has 0 aliphatic carbocycles. The molecular weight excluding hydrogens is 375 g/mol. The first kappa shape index (κ1) is 19.2. The van der Waals surface area contributed by atoms with Crippen LogP contribution in [0.25, 0.3) is 11.0 Å². The average molecular weight is 389 g/mol. The Balaban J connectivity index is 2.55. The van der Waals surface area contributed by atoms with Crippen molar-refractivity contribution >= 4 is 46.2 Å². The van der Waals surface area contributed by atoms with Gasteiger partial charge in [0, 0.05) is 13.2 Å². The van der Waals surface area contributed by atoms with E-state index in [1.807, 2.05) is 0 Å². The SMILES string of the molecule is CCOC(=O)c1c(COC(=O)COC)nc2cc(Cl)c(Cl)cc2[n+]1[O-]. The van der Waals surface area contributed by atoms with Gasteiger partial charge in [0.15, 0.2) is 5.69 Å². The van der Waals surface area contributed by atoms with Gasteiger partial charge in [-0.05, 0) is 13.0 Å². The van der Waals surface area contributed by atoms with Gasteiger partial charge in [-0.25, -0.2) is 14.6 Å². The van der Waals surface area contributed by atoms with Crippen molar-refractivity contribution in [3.63, 3.8) is 0 Å². The third kappa shape index (κ3) is 4.28. The highest BCUT2D eigenvalue weighted by Crippen LogP contribution is 2.26. The molecule has 2 aromatic rings. The minimum atomic E-state index is -0.893. The fourth-order valence-corrected chi connectivity index (χ4v) is 2.34. The molecule has 1 aromatic heterocycles. The number of ether oxygens (including phenoxy) is 3.